The molecule has 0 rings (SSSR count). The summed E-state index contributed by atoms with van der Waals surface area (Å²) in [5.41, 5.74) is 0. The fraction of sp³-hybridized carbons (Fsp3) is 0.933. The lowest BCUT2D eigenvalue weighted by atomic mass is 10.1. The van der Waals surface area contributed by atoms with Crippen molar-refractivity contribution in [1.29, 1.82) is 0 Å². The summed E-state index contributed by atoms with van der Waals surface area (Å²) in [7, 11) is 0. The average molecular weight is 272 g/mol. The van der Waals surface area contributed by atoms with Crippen LogP contribution in [0.2, 0.25) is 0 Å². The molecule has 2 N–H and O–H groups in total. The molecule has 0 saturated heterocycles. The third kappa shape index (κ3) is 12.2. The van der Waals surface area contributed by atoms with Gasteiger partial charge in [0.15, 0.2) is 0 Å². The molecule has 114 valence electrons. The highest BCUT2D eigenvalue weighted by molar-refractivity contribution is 5.81. The molecule has 0 aliphatic carbocycles. The van der Waals surface area contributed by atoms with Crippen LogP contribution in [0.3, 0.4) is 0 Å². The molecule has 0 fully saturated rings. The van der Waals surface area contributed by atoms with Crippen LogP contribution in [-0.2, 0) is 9.53 Å². The molecule has 0 heterocycles. The molecule has 0 spiro atoms. The van der Waals surface area contributed by atoms with Crippen molar-refractivity contribution in [1.82, 2.24) is 10.6 Å². The van der Waals surface area contributed by atoms with Crippen LogP contribution in [0.25, 0.3) is 0 Å². The zero-order chi connectivity index (χ0) is 14.7. The molecule has 19 heavy (non-hydrogen) atoms. The fourth-order valence-corrected chi connectivity index (χ4v) is 1.59. The number of carbonyl (C=O) groups is 1. The zero-order valence-electron chi connectivity index (χ0n) is 13.3. The summed E-state index contributed by atoms with van der Waals surface area (Å²) in [6.45, 7) is 12.7. The van der Waals surface area contributed by atoms with Crippen molar-refractivity contribution in [3.8, 4) is 0 Å². The number of nitrogens with one attached hydrogen (secondary N) is 2. The number of unbranched alkanes of at least 4 members (excludes halogenated alkanes) is 1. The Hall–Kier alpha value is -0.610. The molecular formula is C15H32N2O2. The number of ether oxygens (including phenoxy) is 1. The highest BCUT2D eigenvalue weighted by Gasteiger charge is 2.10. The normalized spacial score (nSPS) is 13.0. The number of carbonyl (C=O) groups excluding carboxylic acids is 1. The highest BCUT2D eigenvalue weighted by Crippen LogP contribution is 1.97. The van der Waals surface area contributed by atoms with E-state index in [-0.39, 0.29) is 11.9 Å². The average Bonchev–Trinajstić information content (AvgIpc) is 2.32. The Morgan fingerprint density at radius 2 is 1.74 bits per heavy atom. The minimum absolute atomic E-state index is 0.0964. The maximum absolute atomic E-state index is 11.7. The lowest BCUT2D eigenvalue weighted by molar-refractivity contribution is -0.122. The maximum Gasteiger partial charge on any atom is 0.236 e. The van der Waals surface area contributed by atoms with Crippen molar-refractivity contribution in [3.63, 3.8) is 0 Å². The second-order valence-corrected chi connectivity index (χ2v) is 5.78. The Bertz CT molecular complexity index is 230. The van der Waals surface area contributed by atoms with Crippen LogP contribution >= 0.6 is 0 Å². The van der Waals surface area contributed by atoms with Gasteiger partial charge in [0.1, 0.15) is 0 Å². The molecule has 0 bridgehead atoms. The molecule has 0 aromatic heterocycles. The van der Waals surface area contributed by atoms with Gasteiger partial charge < -0.3 is 15.4 Å². The summed E-state index contributed by atoms with van der Waals surface area (Å²) in [5, 5.41) is 6.20. The summed E-state index contributed by atoms with van der Waals surface area (Å²) >= 11 is 0. The van der Waals surface area contributed by atoms with Gasteiger partial charge in [-0.1, -0.05) is 13.8 Å². The second kappa shape index (κ2) is 11.2. The van der Waals surface area contributed by atoms with Crippen molar-refractivity contribution < 1.29 is 9.53 Å². The lowest BCUT2D eigenvalue weighted by Gasteiger charge is -2.14. The maximum atomic E-state index is 11.7. The molecule has 0 aliphatic heterocycles. The van der Waals surface area contributed by atoms with E-state index in [0.29, 0.717) is 12.0 Å². The van der Waals surface area contributed by atoms with Gasteiger partial charge in [0.2, 0.25) is 5.91 Å². The van der Waals surface area contributed by atoms with Gasteiger partial charge in [-0.2, -0.15) is 0 Å². The summed E-state index contributed by atoms with van der Waals surface area (Å²) in [5.74, 6) is 0.726. The monoisotopic (exact) mass is 272 g/mol. The van der Waals surface area contributed by atoms with Gasteiger partial charge in [0.05, 0.1) is 12.1 Å². The second-order valence-electron chi connectivity index (χ2n) is 5.78. The number of hydrogen-bond acceptors (Lipinski definition) is 3. The molecule has 0 radical (unpaired) electrons. The predicted molar refractivity (Wildman–Crippen MR) is 80.3 cm³/mol. The number of amides is 1. The van der Waals surface area contributed by atoms with Gasteiger partial charge in [-0.25, -0.2) is 0 Å². The molecule has 0 aliphatic rings. The standard InChI is InChI=1S/C15H32N2O2/c1-12(2)8-10-17-15(18)14(5)16-9-6-7-11-19-13(3)4/h12-14,16H,6-11H2,1-5H3,(H,17,18). The van der Waals surface area contributed by atoms with Crippen molar-refractivity contribution in [2.75, 3.05) is 19.7 Å². The summed E-state index contributed by atoms with van der Waals surface area (Å²) in [6, 6.07) is -0.113. The van der Waals surface area contributed by atoms with E-state index in [1.165, 1.54) is 0 Å². The van der Waals surface area contributed by atoms with E-state index in [2.05, 4.69) is 24.5 Å². The van der Waals surface area contributed by atoms with Gasteiger partial charge in [0.25, 0.3) is 0 Å². The smallest absolute Gasteiger partial charge is 0.236 e. The molecule has 0 aromatic rings. The molecule has 1 unspecified atom stereocenters. The minimum atomic E-state index is -0.113. The van der Waals surface area contributed by atoms with Crippen LogP contribution in [0.4, 0.5) is 0 Å². The molecule has 0 saturated carbocycles. The Labute approximate surface area is 118 Å². The van der Waals surface area contributed by atoms with E-state index in [0.717, 1.165) is 39.0 Å². The van der Waals surface area contributed by atoms with Gasteiger partial charge in [-0.3, -0.25) is 4.79 Å². The van der Waals surface area contributed by atoms with E-state index in [4.69, 9.17) is 4.74 Å². The fourth-order valence-electron chi connectivity index (χ4n) is 1.59. The number of hydrogen-bond donors (Lipinski definition) is 2. The lowest BCUT2D eigenvalue weighted by Crippen LogP contribution is -2.43. The third-order valence-electron chi connectivity index (χ3n) is 2.89. The number of rotatable bonds is 11. The first-order chi connectivity index (χ1) is 8.93. The SMILES string of the molecule is CC(C)CCNC(=O)C(C)NCCCCOC(C)C. The molecule has 1 atom stereocenters. The first-order valence-corrected chi connectivity index (χ1v) is 7.56. The Morgan fingerprint density at radius 1 is 1.05 bits per heavy atom. The summed E-state index contributed by atoms with van der Waals surface area (Å²) in [6.07, 6.45) is 3.41. The molecule has 4 heteroatoms. The van der Waals surface area contributed by atoms with Gasteiger partial charge >= 0.3 is 0 Å². The van der Waals surface area contributed by atoms with Crippen molar-refractivity contribution in [2.45, 2.75) is 66.0 Å². The Balaban J connectivity index is 3.46. The van der Waals surface area contributed by atoms with Crippen molar-refractivity contribution in [3.05, 3.63) is 0 Å². The van der Waals surface area contributed by atoms with Gasteiger partial charge in [0, 0.05) is 13.2 Å². The van der Waals surface area contributed by atoms with Crippen LogP contribution in [0.15, 0.2) is 0 Å². The largest absolute Gasteiger partial charge is 0.379 e. The van der Waals surface area contributed by atoms with E-state index >= 15 is 0 Å². The first-order valence-electron chi connectivity index (χ1n) is 7.56. The van der Waals surface area contributed by atoms with Crippen LogP contribution in [-0.4, -0.2) is 37.7 Å². The van der Waals surface area contributed by atoms with E-state index in [1.54, 1.807) is 0 Å². The predicted octanol–water partition coefficient (Wildman–Crippen LogP) is 2.33. The van der Waals surface area contributed by atoms with Crippen LogP contribution < -0.4 is 10.6 Å². The van der Waals surface area contributed by atoms with Gasteiger partial charge in [-0.15, -0.1) is 0 Å². The quantitative estimate of drug-likeness (QED) is 0.568. The summed E-state index contributed by atoms with van der Waals surface area (Å²) < 4.78 is 5.46. The minimum Gasteiger partial charge on any atom is -0.379 e. The van der Waals surface area contributed by atoms with Crippen LogP contribution in [0, 0.1) is 5.92 Å². The van der Waals surface area contributed by atoms with Crippen LogP contribution in [0.1, 0.15) is 53.9 Å². The Morgan fingerprint density at radius 3 is 2.32 bits per heavy atom. The highest BCUT2D eigenvalue weighted by atomic mass is 16.5. The first kappa shape index (κ1) is 18.4. The van der Waals surface area contributed by atoms with Crippen molar-refractivity contribution >= 4 is 5.91 Å². The van der Waals surface area contributed by atoms with E-state index < -0.39 is 0 Å². The third-order valence-corrected chi connectivity index (χ3v) is 2.89. The zero-order valence-corrected chi connectivity index (χ0v) is 13.3. The molecule has 4 nitrogen and oxygen atoms in total. The molecule has 0 aromatic carbocycles. The van der Waals surface area contributed by atoms with E-state index in [1.807, 2.05) is 20.8 Å². The molecular weight excluding hydrogens is 240 g/mol. The van der Waals surface area contributed by atoms with Crippen LogP contribution in [0.5, 0.6) is 0 Å². The van der Waals surface area contributed by atoms with Crippen molar-refractivity contribution in [2.24, 2.45) is 5.92 Å². The summed E-state index contributed by atoms with van der Waals surface area (Å²) in [4.78, 5) is 11.7. The van der Waals surface area contributed by atoms with Gasteiger partial charge in [-0.05, 0) is 52.5 Å². The molecule has 1 amide bonds. The topological polar surface area (TPSA) is 50.4 Å². The van der Waals surface area contributed by atoms with E-state index in [9.17, 15) is 4.79 Å². The Kier molecular flexibility index (Phi) is 10.9.